The van der Waals surface area contributed by atoms with Crippen LogP contribution in [0.1, 0.15) is 38.5 Å². The van der Waals surface area contributed by atoms with Crippen LogP contribution in [-0.2, 0) is 24.3 Å². The summed E-state index contributed by atoms with van der Waals surface area (Å²) < 4.78 is 32.4. The van der Waals surface area contributed by atoms with Gasteiger partial charge in [-0.2, -0.15) is 4.31 Å². The number of aliphatic hydroxyl groups is 1. The van der Waals surface area contributed by atoms with E-state index < -0.39 is 21.0 Å². The van der Waals surface area contributed by atoms with E-state index in [1.165, 1.54) is 33.5 Å². The molecule has 1 heterocycles. The number of halogens is 1. The van der Waals surface area contributed by atoms with E-state index in [1.54, 1.807) is 0 Å². The summed E-state index contributed by atoms with van der Waals surface area (Å²) in [6.07, 6.45) is 4.50. The summed E-state index contributed by atoms with van der Waals surface area (Å²) in [7, 11) is -3.66. The molecule has 5 aliphatic rings. The summed E-state index contributed by atoms with van der Waals surface area (Å²) in [5.41, 5.74) is -1.43. The molecular weight excluding hydrogens is 468 g/mol. The predicted molar refractivity (Wildman–Crippen MR) is 120 cm³/mol. The molecule has 33 heavy (non-hydrogen) atoms. The van der Waals surface area contributed by atoms with Crippen molar-refractivity contribution in [3.8, 4) is 0 Å². The first-order chi connectivity index (χ1) is 15.6. The van der Waals surface area contributed by atoms with Crippen molar-refractivity contribution < 1.29 is 27.9 Å². The quantitative estimate of drug-likeness (QED) is 0.626. The molecule has 10 heteroatoms. The maximum Gasteiger partial charge on any atom is 0.312 e. The van der Waals surface area contributed by atoms with Crippen molar-refractivity contribution in [3.63, 3.8) is 0 Å². The van der Waals surface area contributed by atoms with Crippen LogP contribution < -0.4 is 0 Å². The lowest BCUT2D eigenvalue weighted by atomic mass is 9.48. The SMILES string of the molecule is O=C(COC(=O)C12C[C@H]3C[C@@H](CC(O)(C3)C1)C2)N1CCN(S(=O)(=O)c2ccc(Cl)cc2)CC1. The molecule has 0 radical (unpaired) electrons. The number of amides is 1. The van der Waals surface area contributed by atoms with E-state index in [4.69, 9.17) is 16.3 Å². The van der Waals surface area contributed by atoms with Gasteiger partial charge in [0.25, 0.3) is 5.91 Å². The summed E-state index contributed by atoms with van der Waals surface area (Å²) in [5.74, 6) is 0.0213. The maximum atomic E-state index is 13.0. The Morgan fingerprint density at radius 1 is 1.03 bits per heavy atom. The van der Waals surface area contributed by atoms with Gasteiger partial charge >= 0.3 is 5.97 Å². The van der Waals surface area contributed by atoms with Crippen molar-refractivity contribution in [2.45, 2.75) is 49.0 Å². The zero-order valence-electron chi connectivity index (χ0n) is 18.4. The van der Waals surface area contributed by atoms with E-state index in [1.807, 2.05) is 0 Å². The number of esters is 1. The second kappa shape index (κ2) is 8.22. The third-order valence-corrected chi connectivity index (χ3v) is 10.00. The van der Waals surface area contributed by atoms with Crippen molar-refractivity contribution in [2.75, 3.05) is 32.8 Å². The molecule has 1 aliphatic heterocycles. The molecule has 4 bridgehead atoms. The summed E-state index contributed by atoms with van der Waals surface area (Å²) in [6.45, 7) is 0.463. The molecule has 1 saturated heterocycles. The highest BCUT2D eigenvalue weighted by Gasteiger charge is 2.61. The zero-order valence-corrected chi connectivity index (χ0v) is 20.0. The molecule has 1 aromatic rings. The van der Waals surface area contributed by atoms with E-state index in [0.29, 0.717) is 23.3 Å². The number of carbonyl (C=O) groups excluding carboxylic acids is 2. The van der Waals surface area contributed by atoms with Gasteiger partial charge in [-0.15, -0.1) is 0 Å². The highest BCUT2D eigenvalue weighted by Crippen LogP contribution is 2.61. The van der Waals surface area contributed by atoms with Crippen molar-refractivity contribution in [3.05, 3.63) is 29.3 Å². The zero-order chi connectivity index (χ0) is 23.4. The minimum Gasteiger partial charge on any atom is -0.455 e. The number of hydrogen-bond donors (Lipinski definition) is 1. The molecule has 1 amide bonds. The first-order valence-corrected chi connectivity index (χ1v) is 13.3. The second-order valence-corrected chi connectivity index (χ2v) is 12.7. The van der Waals surface area contributed by atoms with Crippen molar-refractivity contribution in [2.24, 2.45) is 17.3 Å². The Labute approximate surface area is 198 Å². The highest BCUT2D eigenvalue weighted by atomic mass is 35.5. The topological polar surface area (TPSA) is 104 Å². The largest absolute Gasteiger partial charge is 0.455 e. The Morgan fingerprint density at radius 2 is 1.64 bits per heavy atom. The van der Waals surface area contributed by atoms with Gasteiger partial charge in [-0.3, -0.25) is 9.59 Å². The first-order valence-electron chi connectivity index (χ1n) is 11.5. The first kappa shape index (κ1) is 23.1. The van der Waals surface area contributed by atoms with Crippen LogP contribution in [0.25, 0.3) is 0 Å². The van der Waals surface area contributed by atoms with Gasteiger partial charge in [-0.1, -0.05) is 11.6 Å². The Hall–Kier alpha value is -1.68. The third-order valence-electron chi connectivity index (χ3n) is 7.83. The predicted octanol–water partition coefficient (Wildman–Crippen LogP) is 2.05. The fourth-order valence-corrected chi connectivity index (χ4v) is 8.31. The van der Waals surface area contributed by atoms with E-state index in [0.717, 1.165) is 32.1 Å². The Morgan fingerprint density at radius 3 is 2.21 bits per heavy atom. The molecule has 1 aromatic carbocycles. The molecule has 6 rings (SSSR count). The van der Waals surface area contributed by atoms with E-state index in [-0.39, 0.29) is 49.6 Å². The van der Waals surface area contributed by atoms with E-state index in [9.17, 15) is 23.1 Å². The Bertz CT molecular complexity index is 1040. The number of ether oxygens (including phenoxy) is 1. The normalized spacial score (nSPS) is 33.8. The number of nitrogens with zero attached hydrogens (tertiary/aromatic N) is 2. The van der Waals surface area contributed by atoms with Gasteiger partial charge in [0, 0.05) is 31.2 Å². The highest BCUT2D eigenvalue weighted by molar-refractivity contribution is 7.89. The number of sulfonamides is 1. The lowest BCUT2D eigenvalue weighted by molar-refractivity contribution is -0.197. The van der Waals surface area contributed by atoms with Gasteiger partial charge in [0.2, 0.25) is 10.0 Å². The minimum atomic E-state index is -3.66. The number of rotatable bonds is 5. The van der Waals surface area contributed by atoms with Gasteiger partial charge < -0.3 is 14.7 Å². The van der Waals surface area contributed by atoms with Crippen LogP contribution in [-0.4, -0.2) is 73.0 Å². The second-order valence-electron chi connectivity index (χ2n) is 10.3. The molecular formula is C23H29ClN2O6S. The fraction of sp³-hybridized carbons (Fsp3) is 0.652. The van der Waals surface area contributed by atoms with Crippen LogP contribution >= 0.6 is 11.6 Å². The van der Waals surface area contributed by atoms with Crippen LogP contribution in [0.4, 0.5) is 0 Å². The molecule has 0 unspecified atom stereocenters. The van der Waals surface area contributed by atoms with Crippen LogP contribution in [0, 0.1) is 17.3 Å². The van der Waals surface area contributed by atoms with Gasteiger partial charge in [0.15, 0.2) is 6.61 Å². The molecule has 0 spiro atoms. The number of piperazine rings is 1. The average Bonchev–Trinajstić information content (AvgIpc) is 2.76. The third kappa shape index (κ3) is 4.29. The molecule has 1 N–H and O–H groups in total. The van der Waals surface area contributed by atoms with Crippen LogP contribution in [0.5, 0.6) is 0 Å². The maximum absolute atomic E-state index is 13.0. The Kier molecular flexibility index (Phi) is 5.75. The molecule has 0 aromatic heterocycles. The van der Waals surface area contributed by atoms with Crippen LogP contribution in [0.3, 0.4) is 0 Å². The molecule has 8 nitrogen and oxygen atoms in total. The van der Waals surface area contributed by atoms with Crippen LogP contribution in [0.2, 0.25) is 5.02 Å². The molecule has 5 fully saturated rings. The molecule has 4 aliphatic carbocycles. The standard InChI is InChI=1S/C23H29ClN2O6S/c24-18-1-3-19(4-2-18)33(30,31)26-7-5-25(6-8-26)20(27)14-32-21(28)22-10-16-9-17(11-22)13-23(29,12-16)15-22/h1-4,16-17,29H,5-15H2/t16-,17-,22?,23?/m1/s1. The smallest absolute Gasteiger partial charge is 0.312 e. The van der Waals surface area contributed by atoms with Crippen molar-refractivity contribution in [1.82, 2.24) is 9.21 Å². The summed E-state index contributed by atoms with van der Waals surface area (Å²) >= 11 is 5.85. The Balaban J connectivity index is 1.15. The number of benzene rings is 1. The molecule has 4 saturated carbocycles. The average molecular weight is 497 g/mol. The van der Waals surface area contributed by atoms with Gasteiger partial charge in [-0.25, -0.2) is 8.42 Å². The van der Waals surface area contributed by atoms with Crippen LogP contribution in [0.15, 0.2) is 29.2 Å². The van der Waals surface area contributed by atoms with Gasteiger partial charge in [-0.05, 0) is 74.6 Å². The van der Waals surface area contributed by atoms with Gasteiger partial charge in [0.05, 0.1) is 15.9 Å². The lowest BCUT2D eigenvalue weighted by Crippen LogP contribution is -2.58. The van der Waals surface area contributed by atoms with Crippen molar-refractivity contribution in [1.29, 1.82) is 0 Å². The van der Waals surface area contributed by atoms with E-state index in [2.05, 4.69) is 0 Å². The van der Waals surface area contributed by atoms with Crippen molar-refractivity contribution >= 4 is 33.5 Å². The summed E-state index contributed by atoms with van der Waals surface area (Å²) in [4.78, 5) is 27.4. The lowest BCUT2D eigenvalue weighted by Gasteiger charge is -2.58. The van der Waals surface area contributed by atoms with E-state index >= 15 is 0 Å². The summed E-state index contributed by atoms with van der Waals surface area (Å²) in [5, 5.41) is 11.3. The summed E-state index contributed by atoms with van der Waals surface area (Å²) in [6, 6.07) is 6.00. The molecule has 180 valence electrons. The number of carbonyl (C=O) groups is 2. The number of hydrogen-bond acceptors (Lipinski definition) is 6. The molecule has 2 atom stereocenters. The minimum absolute atomic E-state index is 0.165. The fourth-order valence-electron chi connectivity index (χ4n) is 6.76. The van der Waals surface area contributed by atoms with Gasteiger partial charge in [0.1, 0.15) is 0 Å². The monoisotopic (exact) mass is 496 g/mol.